The summed E-state index contributed by atoms with van der Waals surface area (Å²) in [6.07, 6.45) is 6.29. The van der Waals surface area contributed by atoms with Gasteiger partial charge in [0, 0.05) is 31.4 Å². The number of aromatic nitrogens is 2. The maximum Gasteiger partial charge on any atom is 0.354 e. The molecule has 126 valence electrons. The minimum absolute atomic E-state index is 0.249. The molecule has 24 heavy (non-hydrogen) atoms. The normalized spacial score (nSPS) is 24.0. The Morgan fingerprint density at radius 3 is 2.54 bits per heavy atom. The Morgan fingerprint density at radius 2 is 1.79 bits per heavy atom. The highest BCUT2D eigenvalue weighted by atomic mass is 16.1. The quantitative estimate of drug-likeness (QED) is 0.871. The topological polar surface area (TPSA) is 90.2 Å². The van der Waals surface area contributed by atoms with E-state index in [0.717, 1.165) is 31.6 Å². The van der Waals surface area contributed by atoms with Crippen molar-refractivity contribution in [2.45, 2.75) is 50.9 Å². The van der Waals surface area contributed by atoms with Crippen molar-refractivity contribution in [3.05, 3.63) is 52.1 Å². The van der Waals surface area contributed by atoms with Gasteiger partial charge in [-0.25, -0.2) is 4.79 Å². The van der Waals surface area contributed by atoms with Crippen molar-refractivity contribution in [1.82, 2.24) is 14.5 Å². The van der Waals surface area contributed by atoms with Crippen molar-refractivity contribution in [3.8, 4) is 5.69 Å². The Hall–Kier alpha value is -2.18. The van der Waals surface area contributed by atoms with E-state index < -0.39 is 0 Å². The van der Waals surface area contributed by atoms with E-state index in [1.165, 1.54) is 24.0 Å². The first-order valence-electron chi connectivity index (χ1n) is 8.57. The molecule has 2 aliphatic rings. The predicted molar refractivity (Wildman–Crippen MR) is 93.7 cm³/mol. The van der Waals surface area contributed by atoms with Crippen LogP contribution in [0.5, 0.6) is 0 Å². The van der Waals surface area contributed by atoms with Gasteiger partial charge in [0.05, 0.1) is 5.69 Å². The molecule has 0 bridgehead atoms. The van der Waals surface area contributed by atoms with Crippen LogP contribution in [-0.4, -0.2) is 26.5 Å². The molecule has 2 aromatic rings. The van der Waals surface area contributed by atoms with E-state index in [1.807, 2.05) is 6.07 Å². The molecule has 6 nitrogen and oxygen atoms in total. The Kier molecular flexibility index (Phi) is 3.86. The lowest BCUT2D eigenvalue weighted by Gasteiger charge is -2.33. The summed E-state index contributed by atoms with van der Waals surface area (Å²) in [6, 6.07) is 8.86. The zero-order valence-corrected chi connectivity index (χ0v) is 13.7. The summed E-state index contributed by atoms with van der Waals surface area (Å²) in [5, 5.41) is 0. The van der Waals surface area contributed by atoms with Crippen LogP contribution in [0, 0.1) is 0 Å². The highest BCUT2D eigenvalue weighted by molar-refractivity contribution is 5.43. The molecule has 1 aromatic heterocycles. The zero-order valence-electron chi connectivity index (χ0n) is 13.7. The van der Waals surface area contributed by atoms with Crippen molar-refractivity contribution < 1.29 is 0 Å². The lowest BCUT2D eigenvalue weighted by Crippen LogP contribution is -2.38. The van der Waals surface area contributed by atoms with Crippen molar-refractivity contribution >= 4 is 5.82 Å². The fourth-order valence-corrected chi connectivity index (χ4v) is 3.89. The van der Waals surface area contributed by atoms with Crippen LogP contribution >= 0.6 is 0 Å². The molecule has 4 rings (SSSR count). The summed E-state index contributed by atoms with van der Waals surface area (Å²) in [4.78, 5) is 18.4. The molecule has 0 saturated heterocycles. The molecular formula is C18H23N5O. The number of nitrogens with two attached hydrogens (primary N) is 2. The Morgan fingerprint density at radius 1 is 1.04 bits per heavy atom. The van der Waals surface area contributed by atoms with E-state index in [0.29, 0.717) is 12.1 Å². The third-order valence-electron chi connectivity index (χ3n) is 5.30. The van der Waals surface area contributed by atoms with Crippen molar-refractivity contribution in [2.75, 3.05) is 5.73 Å². The number of rotatable bonds is 2. The molecule has 1 saturated carbocycles. The second-order valence-corrected chi connectivity index (χ2v) is 6.93. The lowest BCUT2D eigenvalue weighted by atomic mass is 9.91. The van der Waals surface area contributed by atoms with Gasteiger partial charge in [-0.05, 0) is 55.0 Å². The number of hydrogen-bond donors (Lipinski definition) is 2. The maximum atomic E-state index is 12.0. The largest absolute Gasteiger partial charge is 0.383 e. The smallest absolute Gasteiger partial charge is 0.354 e. The second-order valence-electron chi connectivity index (χ2n) is 6.93. The minimum Gasteiger partial charge on any atom is -0.383 e. The highest BCUT2D eigenvalue weighted by Gasteiger charge is 2.28. The van der Waals surface area contributed by atoms with Gasteiger partial charge in [0.1, 0.15) is 5.82 Å². The van der Waals surface area contributed by atoms with E-state index in [-0.39, 0.29) is 11.5 Å². The summed E-state index contributed by atoms with van der Waals surface area (Å²) < 4.78 is 1.54. The molecule has 0 unspecified atom stereocenters. The summed E-state index contributed by atoms with van der Waals surface area (Å²) >= 11 is 0. The molecular weight excluding hydrogens is 302 g/mol. The van der Waals surface area contributed by atoms with Gasteiger partial charge >= 0.3 is 5.69 Å². The molecule has 1 fully saturated rings. The van der Waals surface area contributed by atoms with Gasteiger partial charge in [-0.15, -0.1) is 0 Å². The van der Waals surface area contributed by atoms with Gasteiger partial charge in [0.25, 0.3) is 0 Å². The molecule has 1 aromatic carbocycles. The van der Waals surface area contributed by atoms with Crippen LogP contribution in [0.2, 0.25) is 0 Å². The first-order chi connectivity index (χ1) is 11.6. The van der Waals surface area contributed by atoms with Gasteiger partial charge in [0.2, 0.25) is 0 Å². The van der Waals surface area contributed by atoms with E-state index in [2.05, 4.69) is 22.0 Å². The second kappa shape index (κ2) is 6.03. The van der Waals surface area contributed by atoms with E-state index in [1.54, 1.807) is 16.8 Å². The summed E-state index contributed by atoms with van der Waals surface area (Å²) in [6.45, 7) is 1.94. The Bertz CT molecular complexity index is 807. The van der Waals surface area contributed by atoms with Gasteiger partial charge in [-0.3, -0.25) is 9.47 Å². The van der Waals surface area contributed by atoms with Crippen LogP contribution < -0.4 is 17.2 Å². The fraction of sp³-hybridized carbons (Fsp3) is 0.444. The molecule has 4 N–H and O–H groups in total. The third kappa shape index (κ3) is 2.83. The van der Waals surface area contributed by atoms with Crippen molar-refractivity contribution in [1.29, 1.82) is 0 Å². The average molecular weight is 325 g/mol. The standard InChI is InChI=1S/C18H23N5O/c19-14-2-5-15(6-3-14)22-10-12-1-4-16(9-13(12)11-22)23-8-7-17(20)21-18(23)24/h1,4,7-9,14-15H,2-3,5-6,10-11,19H2,(H2,20,21,24). The summed E-state index contributed by atoms with van der Waals surface area (Å²) in [5.41, 5.74) is 14.7. The monoisotopic (exact) mass is 325 g/mol. The van der Waals surface area contributed by atoms with Gasteiger partial charge in [-0.1, -0.05) is 6.07 Å². The minimum atomic E-state index is -0.342. The Balaban J connectivity index is 1.56. The molecule has 1 aliphatic heterocycles. The van der Waals surface area contributed by atoms with E-state index in [4.69, 9.17) is 11.5 Å². The van der Waals surface area contributed by atoms with Crippen molar-refractivity contribution in [2.24, 2.45) is 5.73 Å². The fourth-order valence-electron chi connectivity index (χ4n) is 3.89. The molecule has 2 heterocycles. The summed E-state index contributed by atoms with van der Waals surface area (Å²) in [5.74, 6) is 0.249. The number of nitrogen functional groups attached to an aromatic ring is 1. The van der Waals surface area contributed by atoms with Gasteiger partial charge < -0.3 is 11.5 Å². The SMILES string of the molecule is Nc1ccn(-c2ccc3c(c2)CN(C2CCC(N)CC2)C3)c(=O)n1. The Labute approximate surface area is 141 Å². The average Bonchev–Trinajstić information content (AvgIpc) is 2.98. The van der Waals surface area contributed by atoms with Gasteiger partial charge in [-0.2, -0.15) is 4.98 Å². The van der Waals surface area contributed by atoms with Crippen LogP contribution in [0.1, 0.15) is 36.8 Å². The lowest BCUT2D eigenvalue weighted by molar-refractivity contribution is 0.150. The number of hydrogen-bond acceptors (Lipinski definition) is 5. The van der Waals surface area contributed by atoms with Crippen LogP contribution in [-0.2, 0) is 13.1 Å². The number of benzene rings is 1. The number of fused-ring (bicyclic) bond motifs is 1. The molecule has 6 heteroatoms. The van der Waals surface area contributed by atoms with Crippen LogP contribution in [0.3, 0.4) is 0 Å². The van der Waals surface area contributed by atoms with Gasteiger partial charge in [0.15, 0.2) is 0 Å². The highest BCUT2D eigenvalue weighted by Crippen LogP contribution is 2.31. The first-order valence-corrected chi connectivity index (χ1v) is 8.57. The van der Waals surface area contributed by atoms with Crippen LogP contribution in [0.25, 0.3) is 5.69 Å². The molecule has 1 aliphatic carbocycles. The van der Waals surface area contributed by atoms with E-state index >= 15 is 0 Å². The third-order valence-corrected chi connectivity index (χ3v) is 5.30. The first kappa shape index (κ1) is 15.4. The summed E-state index contributed by atoms with van der Waals surface area (Å²) in [7, 11) is 0. The molecule has 0 spiro atoms. The number of anilines is 1. The predicted octanol–water partition coefficient (Wildman–Crippen LogP) is 1.40. The maximum absolute atomic E-state index is 12.0. The van der Waals surface area contributed by atoms with Crippen LogP contribution in [0.4, 0.5) is 5.82 Å². The molecule has 0 atom stereocenters. The zero-order chi connectivity index (χ0) is 16.7. The van der Waals surface area contributed by atoms with E-state index in [9.17, 15) is 4.79 Å². The van der Waals surface area contributed by atoms with Crippen molar-refractivity contribution in [3.63, 3.8) is 0 Å². The molecule has 0 amide bonds. The number of nitrogens with zero attached hydrogens (tertiary/aromatic N) is 3. The molecule has 0 radical (unpaired) electrons. The van der Waals surface area contributed by atoms with Crippen LogP contribution in [0.15, 0.2) is 35.3 Å².